The van der Waals surface area contributed by atoms with E-state index in [9.17, 15) is 4.79 Å². The Labute approximate surface area is 118 Å². The van der Waals surface area contributed by atoms with Gasteiger partial charge >= 0.3 is 5.97 Å². The van der Waals surface area contributed by atoms with Crippen LogP contribution in [0, 0.1) is 0 Å². The van der Waals surface area contributed by atoms with Crippen LogP contribution < -0.4 is 0 Å². The maximum atomic E-state index is 11.4. The number of carbonyl (C=O) groups excluding carboxylic acids is 1. The van der Waals surface area contributed by atoms with E-state index in [2.05, 4.69) is 20.9 Å². The van der Waals surface area contributed by atoms with Crippen LogP contribution in [0.15, 0.2) is 24.4 Å². The van der Waals surface area contributed by atoms with Crippen LogP contribution in [0.25, 0.3) is 10.8 Å². The normalized spacial score (nSPS) is 10.6. The minimum atomic E-state index is -0.304. The molecular formula is C13H11BrClNO2. The first-order valence-electron chi connectivity index (χ1n) is 5.34. The highest BCUT2D eigenvalue weighted by molar-refractivity contribution is 9.08. The maximum absolute atomic E-state index is 11.4. The zero-order valence-electron chi connectivity index (χ0n) is 9.74. The molecule has 0 aliphatic heterocycles. The molecule has 0 fully saturated rings. The van der Waals surface area contributed by atoms with Crippen LogP contribution in [0.1, 0.15) is 11.3 Å². The third-order valence-electron chi connectivity index (χ3n) is 2.70. The van der Waals surface area contributed by atoms with E-state index in [4.69, 9.17) is 16.3 Å². The van der Waals surface area contributed by atoms with Gasteiger partial charge in [0.25, 0.3) is 0 Å². The second-order valence-electron chi connectivity index (χ2n) is 3.81. The Morgan fingerprint density at radius 2 is 2.28 bits per heavy atom. The van der Waals surface area contributed by atoms with Gasteiger partial charge in [-0.05, 0) is 23.1 Å². The van der Waals surface area contributed by atoms with Crippen LogP contribution in [0.5, 0.6) is 0 Å². The Morgan fingerprint density at radius 3 is 2.94 bits per heavy atom. The van der Waals surface area contributed by atoms with Crippen molar-refractivity contribution in [3.63, 3.8) is 0 Å². The van der Waals surface area contributed by atoms with Crippen molar-refractivity contribution >= 4 is 44.3 Å². The molecule has 18 heavy (non-hydrogen) atoms. The van der Waals surface area contributed by atoms with Crippen LogP contribution in [-0.2, 0) is 21.3 Å². The molecule has 5 heteroatoms. The predicted octanol–water partition coefficient (Wildman–Crippen LogP) is 3.50. The van der Waals surface area contributed by atoms with Gasteiger partial charge in [-0.25, -0.2) is 0 Å². The van der Waals surface area contributed by atoms with Crippen molar-refractivity contribution in [1.82, 2.24) is 4.98 Å². The van der Waals surface area contributed by atoms with E-state index in [0.29, 0.717) is 10.4 Å². The lowest BCUT2D eigenvalue weighted by Gasteiger charge is -2.09. The van der Waals surface area contributed by atoms with E-state index < -0.39 is 0 Å². The maximum Gasteiger partial charge on any atom is 0.310 e. The van der Waals surface area contributed by atoms with E-state index >= 15 is 0 Å². The Bertz CT molecular complexity index is 601. The number of nitrogens with zero attached hydrogens (tertiary/aromatic N) is 1. The molecule has 1 aromatic heterocycles. The van der Waals surface area contributed by atoms with Crippen LogP contribution in [-0.4, -0.2) is 18.1 Å². The summed E-state index contributed by atoms with van der Waals surface area (Å²) < 4.78 is 4.69. The summed E-state index contributed by atoms with van der Waals surface area (Å²) in [5, 5.41) is 3.13. The van der Waals surface area contributed by atoms with E-state index in [1.165, 1.54) is 7.11 Å². The first-order valence-corrected chi connectivity index (χ1v) is 6.84. The quantitative estimate of drug-likeness (QED) is 0.639. The van der Waals surface area contributed by atoms with Gasteiger partial charge < -0.3 is 4.74 Å². The molecule has 0 aliphatic rings. The van der Waals surface area contributed by atoms with Gasteiger partial charge in [-0.15, -0.1) is 0 Å². The average molecular weight is 329 g/mol. The Kier molecular flexibility index (Phi) is 4.19. The van der Waals surface area contributed by atoms with E-state index in [0.717, 1.165) is 22.0 Å². The second-order valence-corrected chi connectivity index (χ2v) is 4.78. The fourth-order valence-electron chi connectivity index (χ4n) is 1.76. The van der Waals surface area contributed by atoms with E-state index in [-0.39, 0.29) is 12.4 Å². The van der Waals surface area contributed by atoms with Gasteiger partial charge in [-0.1, -0.05) is 33.6 Å². The number of hydrogen-bond acceptors (Lipinski definition) is 3. The zero-order valence-corrected chi connectivity index (χ0v) is 12.1. The number of methoxy groups -OCH3 is 1. The first kappa shape index (κ1) is 13.3. The number of esters is 1. The lowest BCUT2D eigenvalue weighted by Crippen LogP contribution is -2.05. The lowest BCUT2D eigenvalue weighted by atomic mass is 10.0. The molecule has 0 spiro atoms. The summed E-state index contributed by atoms with van der Waals surface area (Å²) in [6, 6.07) is 5.61. The van der Waals surface area contributed by atoms with Crippen LogP contribution in [0.2, 0.25) is 5.02 Å². The third-order valence-corrected chi connectivity index (χ3v) is 3.63. The molecule has 2 rings (SSSR count). The van der Waals surface area contributed by atoms with Gasteiger partial charge in [0.1, 0.15) is 0 Å². The summed E-state index contributed by atoms with van der Waals surface area (Å²) in [5.74, 6) is -0.304. The number of fused-ring (bicyclic) bond motifs is 1. The summed E-state index contributed by atoms with van der Waals surface area (Å²) in [6.07, 6.45) is 1.95. The highest BCUT2D eigenvalue weighted by atomic mass is 79.9. The number of rotatable bonds is 3. The fourth-order valence-corrected chi connectivity index (χ4v) is 2.30. The van der Waals surface area contributed by atoms with Crippen molar-refractivity contribution < 1.29 is 9.53 Å². The molecule has 2 aromatic rings. The molecule has 0 radical (unpaired) electrons. The van der Waals surface area contributed by atoms with Gasteiger partial charge in [-0.3, -0.25) is 9.78 Å². The number of hydrogen-bond donors (Lipinski definition) is 0. The minimum absolute atomic E-state index is 0.165. The first-order chi connectivity index (χ1) is 8.65. The van der Waals surface area contributed by atoms with Gasteiger partial charge in [0.2, 0.25) is 0 Å². The van der Waals surface area contributed by atoms with Crippen LogP contribution in [0.3, 0.4) is 0 Å². The number of benzene rings is 1. The van der Waals surface area contributed by atoms with Gasteiger partial charge in [0, 0.05) is 21.9 Å². The highest BCUT2D eigenvalue weighted by Crippen LogP contribution is 2.27. The topological polar surface area (TPSA) is 39.2 Å². The smallest absolute Gasteiger partial charge is 0.310 e. The average Bonchev–Trinajstić information content (AvgIpc) is 2.41. The van der Waals surface area contributed by atoms with Gasteiger partial charge in [-0.2, -0.15) is 0 Å². The van der Waals surface area contributed by atoms with Crippen molar-refractivity contribution in [2.45, 2.75) is 11.8 Å². The molecule has 0 aliphatic carbocycles. The molecular weight excluding hydrogens is 318 g/mol. The monoisotopic (exact) mass is 327 g/mol. The van der Waals surface area contributed by atoms with Crippen LogP contribution in [0.4, 0.5) is 0 Å². The van der Waals surface area contributed by atoms with Gasteiger partial charge in [0.05, 0.1) is 19.2 Å². The molecule has 3 nitrogen and oxygen atoms in total. The SMILES string of the molecule is COC(=O)Cc1c(Cl)ccc2cnc(CBr)cc12. The molecule has 1 aromatic carbocycles. The standard InChI is InChI=1S/C13H11BrClNO2/c1-18-13(17)5-11-10-4-9(6-14)16-7-8(10)2-3-12(11)15/h2-4,7H,5-6H2,1H3. The fraction of sp³-hybridized carbons (Fsp3) is 0.231. The molecule has 1 heterocycles. The summed E-state index contributed by atoms with van der Waals surface area (Å²) in [4.78, 5) is 15.7. The molecule has 0 bridgehead atoms. The molecule has 0 atom stereocenters. The molecule has 0 unspecified atom stereocenters. The van der Waals surface area contributed by atoms with E-state index in [1.807, 2.05) is 12.1 Å². The molecule has 0 saturated heterocycles. The summed E-state index contributed by atoms with van der Waals surface area (Å²) in [7, 11) is 1.37. The molecule has 0 saturated carbocycles. The number of pyridine rings is 1. The minimum Gasteiger partial charge on any atom is -0.469 e. The largest absolute Gasteiger partial charge is 0.469 e. The summed E-state index contributed by atoms with van der Waals surface area (Å²) in [6.45, 7) is 0. The van der Waals surface area contributed by atoms with Crippen molar-refractivity contribution in [2.24, 2.45) is 0 Å². The Hall–Kier alpha value is -1.13. The second kappa shape index (κ2) is 5.67. The molecule has 0 N–H and O–H groups in total. The van der Waals surface area contributed by atoms with E-state index in [1.54, 1.807) is 12.3 Å². The van der Waals surface area contributed by atoms with Crippen molar-refractivity contribution in [2.75, 3.05) is 7.11 Å². The predicted molar refractivity (Wildman–Crippen MR) is 75.1 cm³/mol. The number of halogens is 2. The number of aromatic nitrogens is 1. The van der Waals surface area contributed by atoms with Crippen molar-refractivity contribution in [3.05, 3.63) is 40.7 Å². The van der Waals surface area contributed by atoms with Gasteiger partial charge in [0.15, 0.2) is 0 Å². The Morgan fingerprint density at radius 1 is 1.50 bits per heavy atom. The molecule has 94 valence electrons. The summed E-state index contributed by atoms with van der Waals surface area (Å²) in [5.41, 5.74) is 1.68. The molecule has 0 amide bonds. The zero-order chi connectivity index (χ0) is 13.1. The highest BCUT2D eigenvalue weighted by Gasteiger charge is 2.12. The van der Waals surface area contributed by atoms with Crippen molar-refractivity contribution in [3.8, 4) is 0 Å². The summed E-state index contributed by atoms with van der Waals surface area (Å²) >= 11 is 9.52. The van der Waals surface area contributed by atoms with Crippen LogP contribution >= 0.6 is 27.5 Å². The number of alkyl halides is 1. The Balaban J connectivity index is 2.60. The van der Waals surface area contributed by atoms with Crippen molar-refractivity contribution in [1.29, 1.82) is 0 Å². The number of carbonyl (C=O) groups is 1. The third kappa shape index (κ3) is 2.65. The number of ether oxygens (including phenoxy) is 1. The lowest BCUT2D eigenvalue weighted by molar-refractivity contribution is -0.139.